The van der Waals surface area contributed by atoms with Crippen molar-refractivity contribution in [3.63, 3.8) is 0 Å². The molecular weight excluding hydrogens is 400 g/mol. The lowest BCUT2D eigenvalue weighted by Gasteiger charge is -2.16. The number of pyridine rings is 1. The molecule has 0 radical (unpaired) electrons. The summed E-state index contributed by atoms with van der Waals surface area (Å²) in [6.07, 6.45) is 3.08. The predicted octanol–water partition coefficient (Wildman–Crippen LogP) is 2.99. The number of rotatable bonds is 6. The summed E-state index contributed by atoms with van der Waals surface area (Å²) in [4.78, 5) is 36.9. The molecule has 0 amide bonds. The fourth-order valence-corrected chi connectivity index (χ4v) is 5.22. The maximum Gasteiger partial charge on any atom is 0.347 e. The van der Waals surface area contributed by atoms with E-state index in [4.69, 9.17) is 0 Å². The Morgan fingerprint density at radius 2 is 1.04 bits per heavy atom. The molecule has 0 unspecified atom stereocenters. The highest BCUT2D eigenvalue weighted by molar-refractivity contribution is 7.70. The molecule has 146 valence electrons. The van der Waals surface area contributed by atoms with E-state index in [0.29, 0.717) is 0 Å². The molecular formula is C19H20NO6P2+. The van der Waals surface area contributed by atoms with Gasteiger partial charge in [0.15, 0.2) is 18.9 Å². The lowest BCUT2D eigenvalue weighted by Crippen LogP contribution is -2.39. The molecule has 0 bridgehead atoms. The second-order valence-electron chi connectivity index (χ2n) is 6.39. The van der Waals surface area contributed by atoms with E-state index in [9.17, 15) is 28.7 Å². The van der Waals surface area contributed by atoms with Gasteiger partial charge >= 0.3 is 15.2 Å². The summed E-state index contributed by atoms with van der Waals surface area (Å²) in [6, 6.07) is 21.4. The molecule has 1 aromatic heterocycles. The van der Waals surface area contributed by atoms with Crippen molar-refractivity contribution in [2.24, 2.45) is 0 Å². The highest BCUT2D eigenvalue weighted by Crippen LogP contribution is 2.59. The highest BCUT2D eigenvalue weighted by atomic mass is 31.2. The molecule has 0 aliphatic heterocycles. The standard InChI is InChI=1S/C19H19NO6P2/c21-27(22,23)19(28(24,25)26)14-20-12-10-18(11-13-20)17-8-6-16(7-9-17)15-4-2-1-3-5-15/h1-13,19H,14H2,(H3-,21,22,23,24,25,26)/p+1. The van der Waals surface area contributed by atoms with Crippen molar-refractivity contribution >= 4 is 15.2 Å². The SMILES string of the molecule is O=P(O)(O)C(C[n+]1ccc(-c2ccc(-c3ccccc3)cc2)cc1)P(=O)(O)O. The van der Waals surface area contributed by atoms with Gasteiger partial charge in [0.25, 0.3) is 0 Å². The Labute approximate surface area is 162 Å². The van der Waals surface area contributed by atoms with Crippen LogP contribution in [0.25, 0.3) is 22.3 Å². The van der Waals surface area contributed by atoms with Crippen LogP contribution in [-0.2, 0) is 15.7 Å². The lowest BCUT2D eigenvalue weighted by atomic mass is 10.0. The molecule has 28 heavy (non-hydrogen) atoms. The van der Waals surface area contributed by atoms with Crippen molar-refractivity contribution in [1.82, 2.24) is 0 Å². The van der Waals surface area contributed by atoms with Crippen molar-refractivity contribution < 1.29 is 33.3 Å². The van der Waals surface area contributed by atoms with Crippen LogP contribution in [0.1, 0.15) is 0 Å². The maximum absolute atomic E-state index is 11.4. The van der Waals surface area contributed by atoms with Gasteiger partial charge in [-0.2, -0.15) is 0 Å². The minimum Gasteiger partial charge on any atom is -0.324 e. The number of hydrogen-bond donors (Lipinski definition) is 4. The normalized spacial score (nSPS) is 12.3. The molecule has 3 aromatic rings. The Morgan fingerprint density at radius 1 is 0.643 bits per heavy atom. The first-order valence-electron chi connectivity index (χ1n) is 8.40. The van der Waals surface area contributed by atoms with Gasteiger partial charge in [-0.15, -0.1) is 0 Å². The lowest BCUT2D eigenvalue weighted by molar-refractivity contribution is -0.694. The van der Waals surface area contributed by atoms with E-state index in [1.807, 2.05) is 54.6 Å². The third-order valence-corrected chi connectivity index (χ3v) is 8.05. The summed E-state index contributed by atoms with van der Waals surface area (Å²) in [5, 5.41) is -2.07. The van der Waals surface area contributed by atoms with Crippen LogP contribution >= 0.6 is 15.2 Å². The molecule has 7 nitrogen and oxygen atoms in total. The molecule has 0 aliphatic carbocycles. The molecule has 9 heteroatoms. The van der Waals surface area contributed by atoms with Crippen molar-refractivity contribution in [2.75, 3.05) is 0 Å². The van der Waals surface area contributed by atoms with Crippen LogP contribution in [0, 0.1) is 0 Å². The van der Waals surface area contributed by atoms with Crippen LogP contribution in [0.2, 0.25) is 0 Å². The van der Waals surface area contributed by atoms with Crippen LogP contribution in [0.5, 0.6) is 0 Å². The summed E-state index contributed by atoms with van der Waals surface area (Å²) in [7, 11) is -9.90. The van der Waals surface area contributed by atoms with E-state index in [0.717, 1.165) is 22.3 Å². The summed E-state index contributed by atoms with van der Waals surface area (Å²) in [5.41, 5.74) is 4.02. The van der Waals surface area contributed by atoms with Crippen molar-refractivity contribution in [1.29, 1.82) is 0 Å². The second-order valence-corrected chi connectivity index (χ2v) is 10.4. The van der Waals surface area contributed by atoms with E-state index >= 15 is 0 Å². The Morgan fingerprint density at radius 3 is 1.46 bits per heavy atom. The van der Waals surface area contributed by atoms with Crippen molar-refractivity contribution in [2.45, 2.75) is 11.9 Å². The van der Waals surface area contributed by atoms with E-state index in [1.165, 1.54) is 4.57 Å². The van der Waals surface area contributed by atoms with Gasteiger partial charge in [0.1, 0.15) is 0 Å². The Kier molecular flexibility index (Phi) is 5.96. The third-order valence-electron chi connectivity index (χ3n) is 4.37. The molecule has 0 saturated carbocycles. The quantitative estimate of drug-likeness (QED) is 0.360. The fourth-order valence-electron chi connectivity index (χ4n) is 2.85. The molecule has 0 fully saturated rings. The largest absolute Gasteiger partial charge is 0.347 e. The number of nitrogens with zero attached hydrogens (tertiary/aromatic N) is 1. The first-order valence-corrected chi connectivity index (χ1v) is 11.8. The molecule has 3 rings (SSSR count). The van der Waals surface area contributed by atoms with Gasteiger partial charge in [0.05, 0.1) is 0 Å². The molecule has 1 heterocycles. The van der Waals surface area contributed by atoms with E-state index in [-0.39, 0.29) is 0 Å². The molecule has 0 spiro atoms. The zero-order valence-electron chi connectivity index (χ0n) is 14.7. The van der Waals surface area contributed by atoms with Crippen molar-refractivity contribution in [3.05, 3.63) is 79.1 Å². The number of benzene rings is 2. The van der Waals surface area contributed by atoms with Gasteiger partial charge in [-0.3, -0.25) is 9.13 Å². The number of hydrogen-bond acceptors (Lipinski definition) is 2. The van der Waals surface area contributed by atoms with Crippen LogP contribution < -0.4 is 4.57 Å². The third kappa shape index (κ3) is 5.03. The Balaban J connectivity index is 1.79. The Hall–Kier alpha value is -2.11. The predicted molar refractivity (Wildman–Crippen MR) is 105 cm³/mol. The average molecular weight is 420 g/mol. The first kappa shape index (κ1) is 20.6. The summed E-state index contributed by atoms with van der Waals surface area (Å²) in [6.45, 7) is -0.484. The molecule has 4 N–H and O–H groups in total. The minimum atomic E-state index is -4.95. The summed E-state index contributed by atoms with van der Waals surface area (Å²) >= 11 is 0. The highest BCUT2D eigenvalue weighted by Gasteiger charge is 2.46. The monoisotopic (exact) mass is 420 g/mol. The topological polar surface area (TPSA) is 119 Å². The van der Waals surface area contributed by atoms with Gasteiger partial charge in [-0.25, -0.2) is 4.57 Å². The first-order chi connectivity index (χ1) is 13.1. The van der Waals surface area contributed by atoms with Gasteiger partial charge in [0.2, 0.25) is 5.40 Å². The van der Waals surface area contributed by atoms with Crippen LogP contribution in [-0.4, -0.2) is 25.0 Å². The zero-order valence-corrected chi connectivity index (χ0v) is 16.5. The zero-order chi connectivity index (χ0) is 20.4. The van der Waals surface area contributed by atoms with Gasteiger partial charge < -0.3 is 19.6 Å². The van der Waals surface area contributed by atoms with Crippen molar-refractivity contribution in [3.8, 4) is 22.3 Å². The Bertz CT molecular complexity index is 1000. The molecule has 2 aromatic carbocycles. The summed E-state index contributed by atoms with van der Waals surface area (Å²) in [5.74, 6) is 0. The molecule has 0 saturated heterocycles. The maximum atomic E-state index is 11.4. The average Bonchev–Trinajstić information content (AvgIpc) is 2.66. The fraction of sp³-hybridized carbons (Fsp3) is 0.105. The van der Waals surface area contributed by atoms with Gasteiger partial charge in [-0.05, 0) is 22.3 Å². The molecule has 0 aliphatic rings. The minimum absolute atomic E-state index is 0.484. The number of aromatic nitrogens is 1. The summed E-state index contributed by atoms with van der Waals surface area (Å²) < 4.78 is 24.2. The second kappa shape index (κ2) is 8.10. The van der Waals surface area contributed by atoms with Crippen LogP contribution in [0.4, 0.5) is 0 Å². The smallest absolute Gasteiger partial charge is 0.324 e. The van der Waals surface area contributed by atoms with E-state index < -0.39 is 27.1 Å². The van der Waals surface area contributed by atoms with Gasteiger partial charge in [0, 0.05) is 12.1 Å². The molecule has 0 atom stereocenters. The van der Waals surface area contributed by atoms with Gasteiger partial charge in [-0.1, -0.05) is 54.6 Å². The van der Waals surface area contributed by atoms with E-state index in [1.54, 1.807) is 24.5 Å². The van der Waals surface area contributed by atoms with E-state index in [2.05, 4.69) is 0 Å². The van der Waals surface area contributed by atoms with Crippen LogP contribution in [0.3, 0.4) is 0 Å². The van der Waals surface area contributed by atoms with Crippen LogP contribution in [0.15, 0.2) is 79.1 Å².